The molecule has 0 aromatic heterocycles. The molecule has 3 N–H and O–H groups in total. The Balaban J connectivity index is 0. The Labute approximate surface area is 101 Å². The van der Waals surface area contributed by atoms with Crippen LogP contribution in [0.15, 0.2) is 24.8 Å². The Bertz CT molecular complexity index is 273. The molecule has 0 aliphatic heterocycles. The molecule has 0 atom stereocenters. The van der Waals surface area contributed by atoms with Crippen molar-refractivity contribution in [2.75, 3.05) is 20.0 Å². The lowest BCUT2D eigenvalue weighted by atomic mass is 10.3. The molecule has 0 aromatic rings. The minimum atomic E-state index is -0.328. The fourth-order valence-electron chi connectivity index (χ4n) is 0.677. The van der Waals surface area contributed by atoms with E-state index in [2.05, 4.69) is 18.5 Å². The van der Waals surface area contributed by atoms with E-state index in [9.17, 15) is 9.59 Å². The van der Waals surface area contributed by atoms with Crippen molar-refractivity contribution in [1.29, 1.82) is 0 Å². The summed E-state index contributed by atoms with van der Waals surface area (Å²) in [7, 11) is 0. The monoisotopic (exact) mass is 244 g/mol. The normalized spacial score (nSPS) is 8.47. The summed E-state index contributed by atoms with van der Waals surface area (Å²) in [5, 5.41) is 18.8. The first-order valence-corrected chi connectivity index (χ1v) is 5.01. The van der Waals surface area contributed by atoms with Crippen LogP contribution >= 0.6 is 0 Å². The molecule has 0 bridgehead atoms. The van der Waals surface area contributed by atoms with Gasteiger partial charge in [0.05, 0.1) is 0 Å². The third-order valence-electron chi connectivity index (χ3n) is 1.67. The molecule has 0 fully saturated rings. The number of carbonyl (C=O) groups excluding carboxylic acids is 2. The lowest BCUT2D eigenvalue weighted by Crippen LogP contribution is -2.29. The standard InChI is InChI=1S/C6H11NO2.C5H9NO2/c1-3-6(9)7(4-2)5-8;1-4(2)5(8)6-3-7/h3,8H,1,4-5H2,2H3;7H,1,3H2,2H3,(H,6,8). The third kappa shape index (κ3) is 9.28. The van der Waals surface area contributed by atoms with Gasteiger partial charge in [-0.3, -0.25) is 9.59 Å². The van der Waals surface area contributed by atoms with Crippen LogP contribution in [0.3, 0.4) is 0 Å². The molecule has 0 aromatic carbocycles. The summed E-state index contributed by atoms with van der Waals surface area (Å²) >= 11 is 0. The summed E-state index contributed by atoms with van der Waals surface area (Å²) in [6, 6.07) is 0. The van der Waals surface area contributed by atoms with Crippen molar-refractivity contribution in [2.24, 2.45) is 0 Å². The van der Waals surface area contributed by atoms with Crippen LogP contribution in [0.2, 0.25) is 0 Å². The van der Waals surface area contributed by atoms with Gasteiger partial charge in [-0.2, -0.15) is 0 Å². The first kappa shape index (κ1) is 17.7. The molecule has 98 valence electrons. The van der Waals surface area contributed by atoms with Crippen LogP contribution in [0.1, 0.15) is 13.8 Å². The third-order valence-corrected chi connectivity index (χ3v) is 1.67. The van der Waals surface area contributed by atoms with Gasteiger partial charge in [0.2, 0.25) is 11.8 Å². The Kier molecular flexibility index (Phi) is 11.3. The summed E-state index contributed by atoms with van der Waals surface area (Å²) in [4.78, 5) is 22.3. The van der Waals surface area contributed by atoms with Gasteiger partial charge in [-0.15, -0.1) is 0 Å². The summed E-state index contributed by atoms with van der Waals surface area (Å²) in [6.07, 6.45) is 1.18. The number of amides is 2. The highest BCUT2D eigenvalue weighted by Gasteiger charge is 2.03. The van der Waals surface area contributed by atoms with E-state index in [1.54, 1.807) is 13.8 Å². The molecule has 17 heavy (non-hydrogen) atoms. The van der Waals surface area contributed by atoms with Gasteiger partial charge in [0.15, 0.2) is 0 Å². The van der Waals surface area contributed by atoms with Gasteiger partial charge >= 0.3 is 0 Å². The zero-order chi connectivity index (χ0) is 13.8. The van der Waals surface area contributed by atoms with E-state index < -0.39 is 0 Å². The van der Waals surface area contributed by atoms with Crippen molar-refractivity contribution < 1.29 is 19.8 Å². The molecule has 0 radical (unpaired) electrons. The highest BCUT2D eigenvalue weighted by molar-refractivity contribution is 5.91. The van der Waals surface area contributed by atoms with Crippen LogP contribution in [0, 0.1) is 0 Å². The number of likely N-dealkylation sites (N-methyl/N-ethyl adjacent to an activating group) is 1. The van der Waals surface area contributed by atoms with E-state index in [0.717, 1.165) is 0 Å². The zero-order valence-corrected chi connectivity index (χ0v) is 10.3. The number of aliphatic hydroxyl groups excluding tert-OH is 2. The molecule has 0 heterocycles. The molecular formula is C11H20N2O4. The Hall–Kier alpha value is -1.66. The highest BCUT2D eigenvalue weighted by atomic mass is 16.3. The maximum atomic E-state index is 10.6. The minimum absolute atomic E-state index is 0.235. The van der Waals surface area contributed by atoms with E-state index in [1.165, 1.54) is 11.0 Å². The average molecular weight is 244 g/mol. The molecule has 6 heteroatoms. The van der Waals surface area contributed by atoms with E-state index >= 15 is 0 Å². The first-order valence-electron chi connectivity index (χ1n) is 5.01. The molecule has 0 spiro atoms. The molecule has 0 aliphatic carbocycles. The van der Waals surface area contributed by atoms with Gasteiger partial charge in [0, 0.05) is 12.1 Å². The van der Waals surface area contributed by atoms with Crippen LogP contribution in [0.5, 0.6) is 0 Å². The predicted molar refractivity (Wildman–Crippen MR) is 64.7 cm³/mol. The molecule has 0 saturated carbocycles. The Morgan fingerprint density at radius 2 is 1.94 bits per heavy atom. The van der Waals surface area contributed by atoms with Crippen LogP contribution < -0.4 is 5.32 Å². The van der Waals surface area contributed by atoms with Gasteiger partial charge in [0.1, 0.15) is 13.5 Å². The van der Waals surface area contributed by atoms with Gasteiger partial charge in [-0.05, 0) is 19.9 Å². The van der Waals surface area contributed by atoms with Gasteiger partial charge in [-0.1, -0.05) is 13.2 Å². The van der Waals surface area contributed by atoms with Crippen molar-refractivity contribution in [3.8, 4) is 0 Å². The topological polar surface area (TPSA) is 89.9 Å². The van der Waals surface area contributed by atoms with E-state index in [-0.39, 0.29) is 25.3 Å². The van der Waals surface area contributed by atoms with Crippen molar-refractivity contribution in [2.45, 2.75) is 13.8 Å². The summed E-state index contributed by atoms with van der Waals surface area (Å²) in [5.41, 5.74) is 0.402. The lowest BCUT2D eigenvalue weighted by molar-refractivity contribution is -0.129. The second kappa shape index (κ2) is 10.8. The molecule has 0 unspecified atom stereocenters. The summed E-state index contributed by atoms with van der Waals surface area (Å²) < 4.78 is 0. The van der Waals surface area contributed by atoms with Crippen molar-refractivity contribution >= 4 is 11.8 Å². The molecule has 0 aliphatic rings. The molecule has 6 nitrogen and oxygen atoms in total. The van der Waals surface area contributed by atoms with Crippen molar-refractivity contribution in [3.05, 3.63) is 24.8 Å². The number of hydrogen-bond acceptors (Lipinski definition) is 4. The largest absolute Gasteiger partial charge is 0.376 e. The van der Waals surface area contributed by atoms with Gasteiger partial charge < -0.3 is 20.4 Å². The second-order valence-electron chi connectivity index (χ2n) is 2.98. The molecule has 0 rings (SSSR count). The van der Waals surface area contributed by atoms with Crippen LogP contribution in [-0.4, -0.2) is 46.9 Å². The summed E-state index contributed by atoms with van der Waals surface area (Å²) in [5.74, 6) is -0.549. The van der Waals surface area contributed by atoms with E-state index in [1.807, 2.05) is 0 Å². The van der Waals surface area contributed by atoms with Crippen LogP contribution in [0.4, 0.5) is 0 Å². The maximum Gasteiger partial charge on any atom is 0.248 e. The lowest BCUT2D eigenvalue weighted by Gasteiger charge is -2.14. The smallest absolute Gasteiger partial charge is 0.248 e. The quantitative estimate of drug-likeness (QED) is 0.453. The van der Waals surface area contributed by atoms with Gasteiger partial charge in [0.25, 0.3) is 0 Å². The van der Waals surface area contributed by atoms with E-state index in [0.29, 0.717) is 12.1 Å². The Morgan fingerprint density at radius 1 is 1.41 bits per heavy atom. The fourth-order valence-corrected chi connectivity index (χ4v) is 0.677. The van der Waals surface area contributed by atoms with Crippen molar-refractivity contribution in [3.63, 3.8) is 0 Å². The Morgan fingerprint density at radius 3 is 2.06 bits per heavy atom. The SMILES string of the molecule is C=C(C)C(=O)NCO.C=CC(=O)N(CC)CO. The fraction of sp³-hybridized carbons (Fsp3) is 0.455. The number of carbonyl (C=O) groups is 2. The number of nitrogens with one attached hydrogen (secondary N) is 1. The maximum absolute atomic E-state index is 10.6. The minimum Gasteiger partial charge on any atom is -0.376 e. The number of nitrogens with zero attached hydrogens (tertiary/aromatic N) is 1. The van der Waals surface area contributed by atoms with Gasteiger partial charge in [-0.25, -0.2) is 0 Å². The first-order chi connectivity index (χ1) is 7.94. The predicted octanol–water partition coefficient (Wildman–Crippen LogP) is -0.401. The average Bonchev–Trinajstić information content (AvgIpc) is 2.31. The zero-order valence-electron chi connectivity index (χ0n) is 10.3. The van der Waals surface area contributed by atoms with Crippen LogP contribution in [-0.2, 0) is 9.59 Å². The molecule has 2 amide bonds. The van der Waals surface area contributed by atoms with E-state index in [4.69, 9.17) is 10.2 Å². The second-order valence-corrected chi connectivity index (χ2v) is 2.98. The highest BCUT2D eigenvalue weighted by Crippen LogP contribution is 1.86. The number of rotatable bonds is 5. The number of aliphatic hydroxyl groups is 2. The van der Waals surface area contributed by atoms with Crippen LogP contribution in [0.25, 0.3) is 0 Å². The molecule has 0 saturated heterocycles. The number of hydrogen-bond donors (Lipinski definition) is 3. The van der Waals surface area contributed by atoms with Crippen molar-refractivity contribution in [1.82, 2.24) is 10.2 Å². The molecular weight excluding hydrogens is 224 g/mol. The summed E-state index contributed by atoms with van der Waals surface area (Å²) in [6.45, 7) is 9.94.